The van der Waals surface area contributed by atoms with E-state index in [-0.39, 0.29) is 19.5 Å². The molecule has 1 heterocycles. The molecule has 21 heavy (non-hydrogen) atoms. The van der Waals surface area contributed by atoms with Gasteiger partial charge in [-0.05, 0) is 19.4 Å². The summed E-state index contributed by atoms with van der Waals surface area (Å²) in [6.45, 7) is 5.65. The van der Waals surface area contributed by atoms with Crippen LogP contribution < -0.4 is 4.90 Å². The SMILES string of the molecule is Cc1sc(N(CCC(=O)O)CC(C)C(=O)O)c(C#N)c1C. The van der Waals surface area contributed by atoms with Crippen LogP contribution in [0.3, 0.4) is 0 Å². The van der Waals surface area contributed by atoms with Crippen molar-refractivity contribution in [3.63, 3.8) is 0 Å². The molecule has 0 aliphatic carbocycles. The van der Waals surface area contributed by atoms with Gasteiger partial charge < -0.3 is 15.1 Å². The van der Waals surface area contributed by atoms with E-state index in [0.717, 1.165) is 10.4 Å². The predicted molar refractivity (Wildman–Crippen MR) is 79.8 cm³/mol. The summed E-state index contributed by atoms with van der Waals surface area (Å²) in [7, 11) is 0. The molecule has 0 spiro atoms. The molecular formula is C14H18N2O4S. The van der Waals surface area contributed by atoms with Crippen LogP contribution in [0, 0.1) is 31.1 Å². The van der Waals surface area contributed by atoms with Crippen LogP contribution in [0.1, 0.15) is 29.3 Å². The van der Waals surface area contributed by atoms with Gasteiger partial charge in [0, 0.05) is 18.0 Å². The molecule has 0 aliphatic rings. The molecular weight excluding hydrogens is 292 g/mol. The lowest BCUT2D eigenvalue weighted by molar-refractivity contribution is -0.140. The van der Waals surface area contributed by atoms with Crippen LogP contribution in [-0.4, -0.2) is 35.2 Å². The van der Waals surface area contributed by atoms with Gasteiger partial charge in [0.15, 0.2) is 0 Å². The molecule has 0 saturated carbocycles. The van der Waals surface area contributed by atoms with Crippen molar-refractivity contribution in [2.75, 3.05) is 18.0 Å². The van der Waals surface area contributed by atoms with Gasteiger partial charge in [-0.15, -0.1) is 11.3 Å². The van der Waals surface area contributed by atoms with Gasteiger partial charge in [0.25, 0.3) is 0 Å². The Balaban J connectivity index is 3.11. The maximum Gasteiger partial charge on any atom is 0.308 e. The van der Waals surface area contributed by atoms with Crippen molar-refractivity contribution in [1.82, 2.24) is 0 Å². The number of nitrogens with zero attached hydrogens (tertiary/aromatic N) is 2. The molecule has 0 saturated heterocycles. The number of nitriles is 1. The minimum atomic E-state index is -0.952. The first-order valence-electron chi connectivity index (χ1n) is 6.47. The molecule has 0 aliphatic heterocycles. The van der Waals surface area contributed by atoms with E-state index < -0.39 is 17.9 Å². The zero-order valence-corrected chi connectivity index (χ0v) is 13.0. The topological polar surface area (TPSA) is 102 Å². The second-order valence-electron chi connectivity index (χ2n) is 4.90. The normalized spacial score (nSPS) is 11.7. The number of aryl methyl sites for hydroxylation is 1. The third-order valence-corrected chi connectivity index (χ3v) is 4.55. The van der Waals surface area contributed by atoms with Crippen molar-refractivity contribution in [2.45, 2.75) is 27.2 Å². The zero-order chi connectivity index (χ0) is 16.2. The molecule has 6 nitrogen and oxygen atoms in total. The Morgan fingerprint density at radius 2 is 2.00 bits per heavy atom. The number of hydrogen-bond donors (Lipinski definition) is 2. The van der Waals surface area contributed by atoms with Gasteiger partial charge in [0.2, 0.25) is 0 Å². The van der Waals surface area contributed by atoms with E-state index in [1.54, 1.807) is 11.8 Å². The summed E-state index contributed by atoms with van der Waals surface area (Å²) in [6.07, 6.45) is -0.104. The fraction of sp³-hybridized carbons (Fsp3) is 0.500. The molecule has 1 atom stereocenters. The number of anilines is 1. The first-order chi connectivity index (χ1) is 9.77. The molecule has 1 rings (SSSR count). The molecule has 1 aromatic heterocycles. The summed E-state index contributed by atoms with van der Waals surface area (Å²) in [5.74, 6) is -2.54. The van der Waals surface area contributed by atoms with Crippen molar-refractivity contribution in [2.24, 2.45) is 5.92 Å². The third-order valence-electron chi connectivity index (χ3n) is 3.28. The largest absolute Gasteiger partial charge is 0.481 e. The van der Waals surface area contributed by atoms with E-state index in [4.69, 9.17) is 10.2 Å². The van der Waals surface area contributed by atoms with Gasteiger partial charge in [-0.3, -0.25) is 9.59 Å². The number of carbonyl (C=O) groups is 2. The molecule has 1 aromatic rings. The van der Waals surface area contributed by atoms with E-state index in [1.807, 2.05) is 13.8 Å². The minimum Gasteiger partial charge on any atom is -0.481 e. The lowest BCUT2D eigenvalue weighted by atomic mass is 10.1. The number of thiophene rings is 1. The Morgan fingerprint density at radius 3 is 2.48 bits per heavy atom. The average Bonchev–Trinajstić information content (AvgIpc) is 2.69. The Morgan fingerprint density at radius 1 is 1.38 bits per heavy atom. The van der Waals surface area contributed by atoms with Crippen molar-refractivity contribution in [3.8, 4) is 6.07 Å². The van der Waals surface area contributed by atoms with Crippen LogP contribution in [0.25, 0.3) is 0 Å². The number of carboxylic acids is 2. The number of aliphatic carboxylic acids is 2. The summed E-state index contributed by atoms with van der Waals surface area (Å²) < 4.78 is 0. The second kappa shape index (κ2) is 7.09. The van der Waals surface area contributed by atoms with Gasteiger partial charge >= 0.3 is 11.9 Å². The summed E-state index contributed by atoms with van der Waals surface area (Å²) in [4.78, 5) is 24.5. The van der Waals surface area contributed by atoms with E-state index in [2.05, 4.69) is 6.07 Å². The molecule has 2 N–H and O–H groups in total. The lowest BCUT2D eigenvalue weighted by Gasteiger charge is -2.25. The van der Waals surface area contributed by atoms with E-state index in [9.17, 15) is 14.9 Å². The summed E-state index contributed by atoms with van der Waals surface area (Å²) in [5.41, 5.74) is 1.36. The first kappa shape index (κ1) is 17.0. The fourth-order valence-electron chi connectivity index (χ4n) is 1.88. The van der Waals surface area contributed by atoms with Crippen LogP contribution >= 0.6 is 11.3 Å². The highest BCUT2D eigenvalue weighted by molar-refractivity contribution is 7.16. The van der Waals surface area contributed by atoms with Gasteiger partial charge in [-0.2, -0.15) is 5.26 Å². The van der Waals surface area contributed by atoms with Crippen LogP contribution in [0.4, 0.5) is 5.00 Å². The minimum absolute atomic E-state index is 0.104. The van der Waals surface area contributed by atoms with Crippen LogP contribution in [0.2, 0.25) is 0 Å². The van der Waals surface area contributed by atoms with Gasteiger partial charge in [0.05, 0.1) is 17.9 Å². The maximum absolute atomic E-state index is 11.0. The standard InChI is InChI=1S/C14H18N2O4S/c1-8(14(19)20)7-16(5-4-12(17)18)13-11(6-15)9(2)10(3)21-13/h8H,4-5,7H2,1-3H3,(H,17,18)(H,19,20). The third kappa shape index (κ3) is 4.20. The Bertz CT molecular complexity index is 589. The monoisotopic (exact) mass is 310 g/mol. The molecule has 0 amide bonds. The van der Waals surface area contributed by atoms with Crippen molar-refractivity contribution in [1.29, 1.82) is 5.26 Å². The highest BCUT2D eigenvalue weighted by Gasteiger charge is 2.23. The van der Waals surface area contributed by atoms with Gasteiger partial charge in [-0.25, -0.2) is 0 Å². The molecule has 114 valence electrons. The average molecular weight is 310 g/mol. The zero-order valence-electron chi connectivity index (χ0n) is 12.2. The summed E-state index contributed by atoms with van der Waals surface area (Å²) >= 11 is 1.40. The van der Waals surface area contributed by atoms with E-state index >= 15 is 0 Å². The highest BCUT2D eigenvalue weighted by Crippen LogP contribution is 2.35. The number of carboxylic acid groups (broad SMARTS) is 2. The lowest BCUT2D eigenvalue weighted by Crippen LogP contribution is -2.33. The number of hydrogen-bond acceptors (Lipinski definition) is 5. The molecule has 0 fully saturated rings. The summed E-state index contributed by atoms with van der Waals surface area (Å²) in [5, 5.41) is 27.8. The Kier molecular flexibility index (Phi) is 5.73. The smallest absolute Gasteiger partial charge is 0.308 e. The Hall–Kier alpha value is -2.07. The predicted octanol–water partition coefficient (Wildman–Crippen LogP) is 2.24. The van der Waals surface area contributed by atoms with Crippen molar-refractivity contribution in [3.05, 3.63) is 16.0 Å². The second-order valence-corrected chi connectivity index (χ2v) is 6.11. The maximum atomic E-state index is 11.0. The first-order valence-corrected chi connectivity index (χ1v) is 7.29. The van der Waals surface area contributed by atoms with Crippen LogP contribution in [-0.2, 0) is 9.59 Å². The van der Waals surface area contributed by atoms with Gasteiger partial charge in [0.1, 0.15) is 11.1 Å². The van der Waals surface area contributed by atoms with Crippen LogP contribution in [0.5, 0.6) is 0 Å². The van der Waals surface area contributed by atoms with Gasteiger partial charge in [-0.1, -0.05) is 6.92 Å². The van der Waals surface area contributed by atoms with Crippen LogP contribution in [0.15, 0.2) is 0 Å². The summed E-state index contributed by atoms with van der Waals surface area (Å²) in [6, 6.07) is 2.13. The molecule has 0 bridgehead atoms. The quantitative estimate of drug-likeness (QED) is 0.801. The molecule has 1 unspecified atom stereocenters. The van der Waals surface area contributed by atoms with E-state index in [1.165, 1.54) is 11.3 Å². The van der Waals surface area contributed by atoms with Crippen molar-refractivity contribution >= 4 is 28.3 Å². The number of rotatable bonds is 7. The molecule has 0 radical (unpaired) electrons. The highest BCUT2D eigenvalue weighted by atomic mass is 32.1. The molecule has 7 heteroatoms. The molecule has 0 aromatic carbocycles. The Labute approximate surface area is 127 Å². The van der Waals surface area contributed by atoms with E-state index in [0.29, 0.717) is 10.6 Å². The fourth-order valence-corrected chi connectivity index (χ4v) is 3.02. The van der Waals surface area contributed by atoms with Crippen molar-refractivity contribution < 1.29 is 19.8 Å².